The fraction of sp³-hybridized carbons (Fsp3) is 0.409. The molecule has 192 valence electrons. The molecule has 2 aromatic carbocycles. The lowest BCUT2D eigenvalue weighted by molar-refractivity contribution is -0.143. The molecule has 0 bridgehead atoms. The molecule has 1 saturated heterocycles. The molecule has 1 heterocycles. The van der Waals surface area contributed by atoms with Gasteiger partial charge in [0.05, 0.1) is 35.6 Å². The van der Waals surface area contributed by atoms with Crippen molar-refractivity contribution >= 4 is 15.9 Å². The average Bonchev–Trinajstić information content (AvgIpc) is 3.06. The van der Waals surface area contributed by atoms with Gasteiger partial charge in [0.2, 0.25) is 15.9 Å². The molecule has 1 aliphatic rings. The van der Waals surface area contributed by atoms with E-state index in [4.69, 9.17) is 4.74 Å². The number of benzene rings is 2. The summed E-state index contributed by atoms with van der Waals surface area (Å²) in [6, 6.07) is 8.35. The summed E-state index contributed by atoms with van der Waals surface area (Å²) in [4.78, 5) is 12.5. The topological polar surface area (TPSA) is 84.5 Å². The van der Waals surface area contributed by atoms with E-state index in [9.17, 15) is 39.6 Å². The Morgan fingerprint density at radius 1 is 1.06 bits per heavy atom. The third-order valence-electron chi connectivity index (χ3n) is 5.57. The second-order valence-corrected chi connectivity index (χ2v) is 10.2. The number of carbonyl (C=O) groups is 1. The number of alkyl halides is 6. The molecule has 1 amide bonds. The van der Waals surface area contributed by atoms with Gasteiger partial charge in [-0.3, -0.25) is 4.79 Å². The second kappa shape index (κ2) is 9.43. The van der Waals surface area contributed by atoms with Crippen LogP contribution in [0.4, 0.5) is 26.3 Å². The number of ether oxygens (including phenoxy) is 1. The highest BCUT2D eigenvalue weighted by molar-refractivity contribution is 7.88. The second-order valence-electron chi connectivity index (χ2n) is 8.38. The van der Waals surface area contributed by atoms with E-state index in [1.54, 1.807) is 30.3 Å². The number of halogens is 6. The Kier molecular flexibility index (Phi) is 7.26. The zero-order valence-electron chi connectivity index (χ0n) is 18.5. The lowest BCUT2D eigenvalue weighted by Crippen LogP contribution is -2.43. The summed E-state index contributed by atoms with van der Waals surface area (Å²) >= 11 is 0. The van der Waals surface area contributed by atoms with E-state index in [2.05, 4.69) is 10.0 Å². The van der Waals surface area contributed by atoms with Crippen molar-refractivity contribution in [1.29, 1.82) is 0 Å². The van der Waals surface area contributed by atoms with Crippen LogP contribution in [0, 0.1) is 0 Å². The largest absolute Gasteiger partial charge is 0.416 e. The van der Waals surface area contributed by atoms with Crippen molar-refractivity contribution in [3.63, 3.8) is 0 Å². The Labute approximate surface area is 197 Å². The first kappa shape index (κ1) is 27.0. The first-order chi connectivity index (χ1) is 16.0. The molecule has 2 N–H and O–H groups in total. The van der Waals surface area contributed by atoms with Crippen molar-refractivity contribution in [2.24, 2.45) is 0 Å². The molecule has 35 heavy (non-hydrogen) atoms. The highest BCUT2D eigenvalue weighted by atomic mass is 32.2. The molecule has 3 rings (SSSR count). The van der Waals surface area contributed by atoms with E-state index in [1.807, 2.05) is 0 Å². The molecule has 2 aromatic rings. The van der Waals surface area contributed by atoms with Crippen LogP contribution in [-0.2, 0) is 37.4 Å². The van der Waals surface area contributed by atoms with Crippen LogP contribution in [0.25, 0.3) is 0 Å². The van der Waals surface area contributed by atoms with Gasteiger partial charge in [-0.25, -0.2) is 13.1 Å². The molecule has 3 atom stereocenters. The maximum Gasteiger partial charge on any atom is 0.416 e. The molecule has 13 heteroatoms. The Morgan fingerprint density at radius 3 is 2.09 bits per heavy atom. The summed E-state index contributed by atoms with van der Waals surface area (Å²) in [5.74, 6) is -0.644. The molecule has 1 aliphatic heterocycles. The van der Waals surface area contributed by atoms with Crippen LogP contribution in [0.2, 0.25) is 0 Å². The van der Waals surface area contributed by atoms with Crippen molar-refractivity contribution in [3.05, 3.63) is 70.8 Å². The van der Waals surface area contributed by atoms with Crippen LogP contribution < -0.4 is 10.0 Å². The molecule has 0 aliphatic carbocycles. The summed E-state index contributed by atoms with van der Waals surface area (Å²) in [5, 5.41) is 2.68. The maximum absolute atomic E-state index is 13.2. The molecule has 0 spiro atoms. The van der Waals surface area contributed by atoms with E-state index in [-0.39, 0.29) is 24.7 Å². The van der Waals surface area contributed by atoms with Crippen molar-refractivity contribution in [2.45, 2.75) is 43.4 Å². The summed E-state index contributed by atoms with van der Waals surface area (Å²) in [7, 11) is -3.75. The fourth-order valence-electron chi connectivity index (χ4n) is 3.87. The van der Waals surface area contributed by atoms with Gasteiger partial charge in [-0.05, 0) is 36.2 Å². The Hall–Kier alpha value is -2.64. The SMILES string of the molecule is C[C@@H](OC[C@@]1(c2ccccc2)C[C@H](NS(C)(=O)=O)C(=O)N1)c1cc(C(F)(F)F)cc(C(F)(F)F)c1. The quantitative estimate of drug-likeness (QED) is 0.534. The fourth-order valence-corrected chi connectivity index (χ4v) is 4.58. The minimum Gasteiger partial charge on any atom is -0.371 e. The van der Waals surface area contributed by atoms with Gasteiger partial charge >= 0.3 is 12.4 Å². The summed E-state index contributed by atoms with van der Waals surface area (Å²) in [6.07, 6.45) is -10.5. The van der Waals surface area contributed by atoms with Gasteiger partial charge in [0, 0.05) is 6.42 Å². The van der Waals surface area contributed by atoms with Gasteiger partial charge in [-0.15, -0.1) is 0 Å². The monoisotopic (exact) mass is 524 g/mol. The number of sulfonamides is 1. The van der Waals surface area contributed by atoms with Gasteiger partial charge in [0.15, 0.2) is 0 Å². The Bertz CT molecular complexity index is 1150. The van der Waals surface area contributed by atoms with Crippen molar-refractivity contribution in [3.8, 4) is 0 Å². The first-order valence-corrected chi connectivity index (χ1v) is 12.2. The predicted octanol–water partition coefficient (Wildman–Crippen LogP) is 4.14. The molecular weight excluding hydrogens is 502 g/mol. The van der Waals surface area contributed by atoms with E-state index in [0.29, 0.717) is 17.7 Å². The third-order valence-corrected chi connectivity index (χ3v) is 6.29. The highest BCUT2D eigenvalue weighted by Crippen LogP contribution is 2.39. The molecule has 0 unspecified atom stereocenters. The van der Waals surface area contributed by atoms with E-state index in [0.717, 1.165) is 6.26 Å². The predicted molar refractivity (Wildman–Crippen MR) is 113 cm³/mol. The maximum atomic E-state index is 13.2. The van der Waals surface area contributed by atoms with Crippen LogP contribution in [0.5, 0.6) is 0 Å². The normalized spacial score (nSPS) is 22.2. The lowest BCUT2D eigenvalue weighted by Gasteiger charge is -2.31. The molecule has 0 radical (unpaired) electrons. The van der Waals surface area contributed by atoms with Crippen LogP contribution in [-0.4, -0.2) is 33.2 Å². The molecule has 6 nitrogen and oxygen atoms in total. The molecule has 0 aromatic heterocycles. The Morgan fingerprint density at radius 2 is 1.60 bits per heavy atom. The minimum absolute atomic E-state index is 0.0281. The van der Waals surface area contributed by atoms with Crippen molar-refractivity contribution < 1.29 is 44.3 Å². The van der Waals surface area contributed by atoms with Crippen molar-refractivity contribution in [1.82, 2.24) is 10.0 Å². The number of nitrogens with one attached hydrogen (secondary N) is 2. The zero-order valence-corrected chi connectivity index (χ0v) is 19.3. The number of rotatable bonds is 7. The van der Waals surface area contributed by atoms with Crippen LogP contribution in [0.15, 0.2) is 48.5 Å². The zero-order chi connectivity index (χ0) is 26.2. The number of hydrogen-bond acceptors (Lipinski definition) is 4. The van der Waals surface area contributed by atoms with Crippen LogP contribution in [0.3, 0.4) is 0 Å². The van der Waals surface area contributed by atoms with Gasteiger partial charge < -0.3 is 10.1 Å². The number of hydrogen-bond donors (Lipinski definition) is 2. The number of amides is 1. The Balaban J connectivity index is 1.92. The van der Waals surface area contributed by atoms with E-state index < -0.39 is 57.1 Å². The molecular formula is C22H22F6N2O4S. The van der Waals surface area contributed by atoms with Crippen LogP contribution >= 0.6 is 0 Å². The third kappa shape index (κ3) is 6.53. The lowest BCUT2D eigenvalue weighted by atomic mass is 9.88. The smallest absolute Gasteiger partial charge is 0.371 e. The molecule has 0 saturated carbocycles. The summed E-state index contributed by atoms with van der Waals surface area (Å²) in [6.45, 7) is 0.945. The minimum atomic E-state index is -5.01. The highest BCUT2D eigenvalue weighted by Gasteiger charge is 2.47. The van der Waals surface area contributed by atoms with Gasteiger partial charge in [-0.2, -0.15) is 26.3 Å². The standard InChI is InChI=1S/C22H22F6N2O4S/c1-13(14-8-16(21(23,24)25)10-17(9-14)22(26,27)28)34-12-20(15-6-4-3-5-7-15)11-18(19(31)29-20)30-35(2,32)33/h3-10,13,18,30H,11-12H2,1-2H3,(H,29,31)/t13-,18+,20-/m1/s1. The van der Waals surface area contributed by atoms with E-state index in [1.165, 1.54) is 6.92 Å². The van der Waals surface area contributed by atoms with Gasteiger partial charge in [0.25, 0.3) is 0 Å². The van der Waals surface area contributed by atoms with Gasteiger partial charge in [0.1, 0.15) is 6.04 Å². The number of carbonyl (C=O) groups excluding carboxylic acids is 1. The summed E-state index contributed by atoms with van der Waals surface area (Å²) < 4.78 is 111. The van der Waals surface area contributed by atoms with Crippen molar-refractivity contribution in [2.75, 3.05) is 12.9 Å². The summed E-state index contributed by atoms with van der Waals surface area (Å²) in [5.41, 5.74) is -4.04. The van der Waals surface area contributed by atoms with Crippen LogP contribution in [0.1, 0.15) is 41.7 Å². The average molecular weight is 524 g/mol. The molecule has 1 fully saturated rings. The van der Waals surface area contributed by atoms with Gasteiger partial charge in [-0.1, -0.05) is 30.3 Å². The first-order valence-electron chi connectivity index (χ1n) is 10.3. The van der Waals surface area contributed by atoms with E-state index >= 15 is 0 Å².